The van der Waals surface area contributed by atoms with Crippen LogP contribution in [0.4, 0.5) is 0 Å². The molecule has 3 heterocycles. The quantitative estimate of drug-likeness (QED) is 0.580. The molecule has 1 aromatic rings. The number of nitrogens with zero attached hydrogens (tertiary/aromatic N) is 1. The molecular formula is C24H31NO3. The number of hydrogen-bond donors (Lipinski definition) is 0. The SMILES string of the molecule is C[C@]12CCC[C@]3(CO3)[C@H]1C[C@H]1[C@@H](C2)OC(=O)[C@@H]1CN1CCc2ccccc2C1. The molecule has 28 heavy (non-hydrogen) atoms. The first kappa shape index (κ1) is 17.5. The lowest BCUT2D eigenvalue weighted by atomic mass is 9.53. The van der Waals surface area contributed by atoms with Gasteiger partial charge in [-0.05, 0) is 61.0 Å². The van der Waals surface area contributed by atoms with E-state index in [2.05, 4.69) is 36.1 Å². The molecule has 1 spiro atoms. The third-order valence-corrected chi connectivity index (χ3v) is 8.74. The average molecular weight is 382 g/mol. The van der Waals surface area contributed by atoms with Crippen LogP contribution < -0.4 is 0 Å². The Kier molecular flexibility index (Phi) is 3.78. The molecule has 6 rings (SSSR count). The Bertz CT molecular complexity index is 803. The summed E-state index contributed by atoms with van der Waals surface area (Å²) in [7, 11) is 0. The standard InChI is InChI=1S/C24H31NO3/c1-23-8-4-9-24(15-27-24)21(23)11-18-19(22(26)28-20(18)12-23)14-25-10-7-16-5-2-3-6-17(16)13-25/h2-3,5-6,18-21H,4,7-15H2,1H3/t18-,19-,20-,21+,23-,24+/m1/s1. The Morgan fingerprint density at radius 1 is 1.21 bits per heavy atom. The summed E-state index contributed by atoms with van der Waals surface area (Å²) in [6.45, 7) is 6.23. The molecule has 0 radical (unpaired) electrons. The predicted molar refractivity (Wildman–Crippen MR) is 106 cm³/mol. The lowest BCUT2D eigenvalue weighted by Crippen LogP contribution is -2.51. The van der Waals surface area contributed by atoms with E-state index in [9.17, 15) is 4.79 Å². The average Bonchev–Trinajstić information content (AvgIpc) is 3.39. The van der Waals surface area contributed by atoms with Gasteiger partial charge in [0.05, 0.1) is 18.1 Å². The number of carbonyl (C=O) groups is 1. The third kappa shape index (κ3) is 2.60. The second-order valence-electron chi connectivity index (χ2n) is 10.4. The van der Waals surface area contributed by atoms with E-state index in [-0.39, 0.29) is 29.0 Å². The highest BCUT2D eigenvalue weighted by Gasteiger charge is 2.65. The lowest BCUT2D eigenvalue weighted by Gasteiger charge is -2.51. The minimum atomic E-state index is 0.0394. The second-order valence-corrected chi connectivity index (χ2v) is 10.4. The summed E-state index contributed by atoms with van der Waals surface area (Å²) in [6, 6.07) is 8.74. The maximum atomic E-state index is 12.9. The van der Waals surface area contributed by atoms with Crippen LogP contribution >= 0.6 is 0 Å². The van der Waals surface area contributed by atoms with Crippen LogP contribution in [0.2, 0.25) is 0 Å². The van der Waals surface area contributed by atoms with Crippen molar-refractivity contribution in [2.24, 2.45) is 23.2 Å². The molecule has 6 atom stereocenters. The van der Waals surface area contributed by atoms with Crippen molar-refractivity contribution >= 4 is 5.97 Å². The summed E-state index contributed by atoms with van der Waals surface area (Å²) in [5.41, 5.74) is 3.31. The first-order valence-corrected chi connectivity index (χ1v) is 11.2. The summed E-state index contributed by atoms with van der Waals surface area (Å²) in [6.07, 6.45) is 7.10. The van der Waals surface area contributed by atoms with Crippen molar-refractivity contribution < 1.29 is 14.3 Å². The Balaban J connectivity index is 1.21. The molecule has 3 aliphatic heterocycles. The zero-order valence-electron chi connectivity index (χ0n) is 16.9. The van der Waals surface area contributed by atoms with Gasteiger partial charge in [0, 0.05) is 25.6 Å². The zero-order chi connectivity index (χ0) is 18.9. The number of rotatable bonds is 2. The van der Waals surface area contributed by atoms with E-state index in [0.29, 0.717) is 11.8 Å². The second kappa shape index (κ2) is 6.06. The van der Waals surface area contributed by atoms with E-state index in [1.54, 1.807) is 0 Å². The highest BCUT2D eigenvalue weighted by atomic mass is 16.6. The molecular weight excluding hydrogens is 350 g/mol. The van der Waals surface area contributed by atoms with Crippen LogP contribution in [0.3, 0.4) is 0 Å². The van der Waals surface area contributed by atoms with Crippen molar-refractivity contribution in [3.8, 4) is 0 Å². The van der Waals surface area contributed by atoms with Gasteiger partial charge in [-0.25, -0.2) is 0 Å². The van der Waals surface area contributed by atoms with Gasteiger partial charge in [-0.1, -0.05) is 31.2 Å². The smallest absolute Gasteiger partial charge is 0.310 e. The largest absolute Gasteiger partial charge is 0.462 e. The first-order valence-electron chi connectivity index (χ1n) is 11.2. The van der Waals surface area contributed by atoms with Gasteiger partial charge in [-0.3, -0.25) is 9.69 Å². The molecule has 1 aromatic carbocycles. The van der Waals surface area contributed by atoms with Gasteiger partial charge in [-0.2, -0.15) is 0 Å². The van der Waals surface area contributed by atoms with Gasteiger partial charge in [0.2, 0.25) is 0 Å². The maximum Gasteiger partial charge on any atom is 0.310 e. The number of hydrogen-bond acceptors (Lipinski definition) is 4. The number of fused-ring (bicyclic) bond motifs is 4. The van der Waals surface area contributed by atoms with Gasteiger partial charge >= 0.3 is 5.97 Å². The van der Waals surface area contributed by atoms with Gasteiger partial charge < -0.3 is 9.47 Å². The molecule has 2 saturated carbocycles. The molecule has 4 fully saturated rings. The van der Waals surface area contributed by atoms with Crippen molar-refractivity contribution in [2.75, 3.05) is 19.7 Å². The minimum Gasteiger partial charge on any atom is -0.462 e. The zero-order valence-corrected chi connectivity index (χ0v) is 16.9. The number of ether oxygens (including phenoxy) is 2. The molecule has 0 unspecified atom stereocenters. The molecule has 4 heteroatoms. The van der Waals surface area contributed by atoms with E-state index >= 15 is 0 Å². The summed E-state index contributed by atoms with van der Waals surface area (Å²) >= 11 is 0. The van der Waals surface area contributed by atoms with Crippen LogP contribution in [0.25, 0.3) is 0 Å². The molecule has 150 valence electrons. The van der Waals surface area contributed by atoms with Crippen LogP contribution in [0.1, 0.15) is 50.2 Å². The Morgan fingerprint density at radius 3 is 2.86 bits per heavy atom. The fourth-order valence-electron chi connectivity index (χ4n) is 7.15. The summed E-state index contributed by atoms with van der Waals surface area (Å²) in [4.78, 5) is 15.3. The van der Waals surface area contributed by atoms with Crippen LogP contribution in [0, 0.1) is 23.2 Å². The predicted octanol–water partition coefficient (Wildman–Crippen LogP) is 3.57. The third-order valence-electron chi connectivity index (χ3n) is 8.74. The minimum absolute atomic E-state index is 0.0394. The summed E-state index contributed by atoms with van der Waals surface area (Å²) < 4.78 is 12.0. The van der Waals surface area contributed by atoms with Gasteiger partial charge in [0.25, 0.3) is 0 Å². The highest BCUT2D eigenvalue weighted by molar-refractivity contribution is 5.75. The molecule has 4 nitrogen and oxygen atoms in total. The van der Waals surface area contributed by atoms with Crippen LogP contribution in [-0.4, -0.2) is 42.3 Å². The lowest BCUT2D eigenvalue weighted by molar-refractivity contribution is -0.147. The normalized spacial score (nSPS) is 44.5. The number of benzene rings is 1. The first-order chi connectivity index (χ1) is 13.6. The summed E-state index contributed by atoms with van der Waals surface area (Å²) in [5, 5.41) is 0. The van der Waals surface area contributed by atoms with Gasteiger partial charge in [-0.15, -0.1) is 0 Å². The van der Waals surface area contributed by atoms with Gasteiger partial charge in [0.15, 0.2) is 0 Å². The van der Waals surface area contributed by atoms with E-state index in [1.165, 1.54) is 30.4 Å². The van der Waals surface area contributed by atoms with E-state index in [0.717, 1.165) is 45.5 Å². The molecule has 2 aliphatic carbocycles. The van der Waals surface area contributed by atoms with Gasteiger partial charge in [0.1, 0.15) is 6.10 Å². The summed E-state index contributed by atoms with van der Waals surface area (Å²) in [5.74, 6) is 1.08. The van der Waals surface area contributed by atoms with Crippen LogP contribution in [-0.2, 0) is 27.2 Å². The molecule has 0 aromatic heterocycles. The van der Waals surface area contributed by atoms with Crippen molar-refractivity contribution in [2.45, 2.75) is 63.7 Å². The molecule has 2 saturated heterocycles. The van der Waals surface area contributed by atoms with E-state index in [4.69, 9.17) is 9.47 Å². The van der Waals surface area contributed by atoms with Crippen molar-refractivity contribution in [3.05, 3.63) is 35.4 Å². The Morgan fingerprint density at radius 2 is 2.04 bits per heavy atom. The monoisotopic (exact) mass is 381 g/mol. The Labute approximate surface area is 167 Å². The van der Waals surface area contributed by atoms with Crippen LogP contribution in [0.15, 0.2) is 24.3 Å². The molecule has 0 bridgehead atoms. The topological polar surface area (TPSA) is 42.1 Å². The molecule has 0 amide bonds. The molecule has 5 aliphatic rings. The fourth-order valence-corrected chi connectivity index (χ4v) is 7.15. The maximum absolute atomic E-state index is 12.9. The van der Waals surface area contributed by atoms with Crippen molar-refractivity contribution in [1.29, 1.82) is 0 Å². The number of esters is 1. The fraction of sp³-hybridized carbons (Fsp3) is 0.708. The van der Waals surface area contributed by atoms with Crippen LogP contribution in [0.5, 0.6) is 0 Å². The molecule has 0 N–H and O–H groups in total. The number of epoxide rings is 1. The van der Waals surface area contributed by atoms with E-state index in [1.807, 2.05) is 0 Å². The number of carbonyl (C=O) groups excluding carboxylic acids is 1. The van der Waals surface area contributed by atoms with Crippen molar-refractivity contribution in [1.82, 2.24) is 4.90 Å². The van der Waals surface area contributed by atoms with E-state index < -0.39 is 0 Å². The Hall–Kier alpha value is -1.39. The van der Waals surface area contributed by atoms with Crippen molar-refractivity contribution in [3.63, 3.8) is 0 Å². The highest BCUT2D eigenvalue weighted by Crippen LogP contribution is 2.62.